The highest BCUT2D eigenvalue weighted by Gasteiger charge is 2.20. The van der Waals surface area contributed by atoms with Crippen LogP contribution in [0.5, 0.6) is 0 Å². The molecule has 7 nitrogen and oxygen atoms in total. The largest absolute Gasteiger partial charge is 0.360 e. The van der Waals surface area contributed by atoms with Gasteiger partial charge in [-0.3, -0.25) is 0 Å². The molecule has 2 heterocycles. The second-order valence-corrected chi connectivity index (χ2v) is 9.81. The Morgan fingerprint density at radius 3 is 1.19 bits per heavy atom. The summed E-state index contributed by atoms with van der Waals surface area (Å²) in [4.78, 5) is 12.7. The van der Waals surface area contributed by atoms with Crippen molar-refractivity contribution in [2.24, 2.45) is 0 Å². The minimum Gasteiger partial charge on any atom is -0.360 e. The second-order valence-electron chi connectivity index (χ2n) is 9.81. The zero-order chi connectivity index (χ0) is 28.6. The summed E-state index contributed by atoms with van der Waals surface area (Å²) in [7, 11) is 0. The van der Waals surface area contributed by atoms with Gasteiger partial charge in [0.1, 0.15) is 22.9 Å². The fourth-order valence-electron chi connectivity index (χ4n) is 5.02. The number of carbonyl (C=O) groups is 1. The van der Waals surface area contributed by atoms with Crippen molar-refractivity contribution < 1.29 is 13.8 Å². The number of hydrogen-bond acceptors (Lipinski definition) is 5. The summed E-state index contributed by atoms with van der Waals surface area (Å²) in [6.45, 7) is 0.787. The number of urea groups is 1. The fourth-order valence-corrected chi connectivity index (χ4v) is 5.02. The summed E-state index contributed by atoms with van der Waals surface area (Å²) in [5, 5.41) is 14.6. The predicted octanol–water partition coefficient (Wildman–Crippen LogP) is 7.42. The predicted molar refractivity (Wildman–Crippen MR) is 164 cm³/mol. The van der Waals surface area contributed by atoms with E-state index in [0.717, 1.165) is 56.3 Å². The van der Waals surface area contributed by atoms with Crippen LogP contribution in [0.4, 0.5) is 4.79 Å². The first-order valence-electron chi connectivity index (χ1n) is 14.0. The number of rotatable bonds is 10. The van der Waals surface area contributed by atoms with E-state index in [-0.39, 0.29) is 6.03 Å². The van der Waals surface area contributed by atoms with Gasteiger partial charge in [-0.15, -0.1) is 0 Å². The Labute approximate surface area is 244 Å². The highest BCUT2D eigenvalue weighted by molar-refractivity contribution is 5.83. The highest BCUT2D eigenvalue weighted by atomic mass is 16.5. The molecule has 0 aliphatic carbocycles. The van der Waals surface area contributed by atoms with Gasteiger partial charge in [0, 0.05) is 37.1 Å². The van der Waals surface area contributed by atoms with Crippen molar-refractivity contribution in [3.05, 3.63) is 133 Å². The van der Waals surface area contributed by atoms with Crippen molar-refractivity contribution in [1.82, 2.24) is 20.9 Å². The lowest BCUT2D eigenvalue weighted by Gasteiger charge is -2.08. The first kappa shape index (κ1) is 26.8. The molecule has 0 unspecified atom stereocenters. The van der Waals surface area contributed by atoms with Crippen LogP contribution in [0.25, 0.3) is 44.8 Å². The smallest absolute Gasteiger partial charge is 0.314 e. The molecule has 6 rings (SSSR count). The van der Waals surface area contributed by atoms with Crippen LogP contribution in [0, 0.1) is 0 Å². The Kier molecular flexibility index (Phi) is 8.18. The molecule has 0 spiro atoms. The molecular weight excluding hydrogens is 524 g/mol. The van der Waals surface area contributed by atoms with Gasteiger partial charge in [-0.25, -0.2) is 4.79 Å². The van der Waals surface area contributed by atoms with E-state index in [1.807, 2.05) is 121 Å². The SMILES string of the molecule is O=C(NCCc1onc(-c2ccccc2)c1-c1ccccc1)NCCc1onc(-c2ccccc2)c1-c1ccccc1. The number of nitrogens with one attached hydrogen (secondary N) is 2. The van der Waals surface area contributed by atoms with E-state index >= 15 is 0 Å². The maximum Gasteiger partial charge on any atom is 0.314 e. The zero-order valence-electron chi connectivity index (χ0n) is 23.0. The average molecular weight is 555 g/mol. The fraction of sp³-hybridized carbons (Fsp3) is 0.114. The topological polar surface area (TPSA) is 93.2 Å². The maximum atomic E-state index is 12.7. The Morgan fingerprint density at radius 1 is 0.500 bits per heavy atom. The maximum absolute atomic E-state index is 12.7. The summed E-state index contributed by atoms with van der Waals surface area (Å²) >= 11 is 0. The molecule has 0 atom stereocenters. The van der Waals surface area contributed by atoms with E-state index < -0.39 is 0 Å². The van der Waals surface area contributed by atoms with E-state index in [2.05, 4.69) is 20.9 Å². The van der Waals surface area contributed by atoms with Crippen LogP contribution < -0.4 is 10.6 Å². The summed E-state index contributed by atoms with van der Waals surface area (Å²) < 4.78 is 11.6. The van der Waals surface area contributed by atoms with Crippen molar-refractivity contribution in [3.63, 3.8) is 0 Å². The zero-order valence-corrected chi connectivity index (χ0v) is 23.0. The first-order valence-corrected chi connectivity index (χ1v) is 14.0. The molecule has 208 valence electrons. The molecule has 0 aliphatic rings. The van der Waals surface area contributed by atoms with Crippen LogP contribution in [0.3, 0.4) is 0 Å². The number of benzene rings is 4. The number of nitrogens with zero attached hydrogens (tertiary/aromatic N) is 2. The number of aromatic nitrogens is 2. The van der Waals surface area contributed by atoms with Gasteiger partial charge in [0.05, 0.1) is 11.1 Å². The molecule has 0 radical (unpaired) electrons. The molecule has 0 aliphatic heterocycles. The number of amides is 2. The third kappa shape index (κ3) is 6.00. The molecule has 7 heteroatoms. The van der Waals surface area contributed by atoms with Crippen molar-refractivity contribution in [1.29, 1.82) is 0 Å². The Bertz CT molecular complexity index is 1600. The summed E-state index contributed by atoms with van der Waals surface area (Å²) in [6.07, 6.45) is 0.996. The van der Waals surface area contributed by atoms with Gasteiger partial charge in [0.25, 0.3) is 0 Å². The van der Waals surface area contributed by atoms with Crippen LogP contribution in [0.1, 0.15) is 11.5 Å². The van der Waals surface area contributed by atoms with Crippen LogP contribution in [0.15, 0.2) is 130 Å². The molecule has 0 fully saturated rings. The van der Waals surface area contributed by atoms with E-state index in [9.17, 15) is 4.79 Å². The van der Waals surface area contributed by atoms with Crippen LogP contribution in [0.2, 0.25) is 0 Å². The average Bonchev–Trinajstić information content (AvgIpc) is 3.67. The highest BCUT2D eigenvalue weighted by Crippen LogP contribution is 2.36. The van der Waals surface area contributed by atoms with Gasteiger partial charge >= 0.3 is 6.03 Å². The normalized spacial score (nSPS) is 10.9. The van der Waals surface area contributed by atoms with Gasteiger partial charge in [-0.2, -0.15) is 0 Å². The van der Waals surface area contributed by atoms with Crippen molar-refractivity contribution in [2.45, 2.75) is 12.8 Å². The molecule has 4 aromatic carbocycles. The Balaban J connectivity index is 1.09. The van der Waals surface area contributed by atoms with Crippen molar-refractivity contribution in [2.75, 3.05) is 13.1 Å². The van der Waals surface area contributed by atoms with E-state index in [1.165, 1.54) is 0 Å². The lowest BCUT2D eigenvalue weighted by Crippen LogP contribution is -2.37. The number of carbonyl (C=O) groups excluding carboxylic acids is 1. The number of hydrogen-bond donors (Lipinski definition) is 2. The monoisotopic (exact) mass is 554 g/mol. The Hall–Kier alpha value is -5.43. The molecule has 2 aromatic heterocycles. The third-order valence-corrected chi connectivity index (χ3v) is 7.02. The first-order chi connectivity index (χ1) is 20.8. The van der Waals surface area contributed by atoms with Gasteiger partial charge < -0.3 is 19.7 Å². The van der Waals surface area contributed by atoms with Gasteiger partial charge in [0.2, 0.25) is 0 Å². The van der Waals surface area contributed by atoms with E-state index in [4.69, 9.17) is 9.05 Å². The van der Waals surface area contributed by atoms with Crippen molar-refractivity contribution >= 4 is 6.03 Å². The molecule has 42 heavy (non-hydrogen) atoms. The van der Waals surface area contributed by atoms with Crippen molar-refractivity contribution in [3.8, 4) is 44.8 Å². The lowest BCUT2D eigenvalue weighted by atomic mass is 9.98. The van der Waals surface area contributed by atoms with Crippen LogP contribution in [-0.4, -0.2) is 29.4 Å². The minimum absolute atomic E-state index is 0.261. The van der Waals surface area contributed by atoms with Crippen LogP contribution >= 0.6 is 0 Å². The molecule has 0 bridgehead atoms. The van der Waals surface area contributed by atoms with Gasteiger partial charge in [0.15, 0.2) is 0 Å². The second kappa shape index (κ2) is 12.8. The lowest BCUT2D eigenvalue weighted by molar-refractivity contribution is 0.240. The van der Waals surface area contributed by atoms with Crippen LogP contribution in [-0.2, 0) is 12.8 Å². The van der Waals surface area contributed by atoms with E-state index in [0.29, 0.717) is 25.9 Å². The summed E-state index contributed by atoms with van der Waals surface area (Å²) in [5.74, 6) is 1.45. The van der Waals surface area contributed by atoms with Gasteiger partial charge in [-0.1, -0.05) is 132 Å². The standard InChI is InChI=1S/C35H30N4O3/c40-35(36-23-21-29-31(25-13-5-1-6-14-25)33(38-41-29)27-17-9-3-10-18-27)37-24-22-30-32(26-15-7-2-8-16-26)34(39-42-30)28-19-11-4-12-20-28/h1-20H,21-24H2,(H2,36,37,40). The molecule has 6 aromatic rings. The Morgan fingerprint density at radius 2 is 0.833 bits per heavy atom. The van der Waals surface area contributed by atoms with E-state index in [1.54, 1.807) is 0 Å². The molecule has 2 amide bonds. The molecule has 2 N–H and O–H groups in total. The molecule has 0 saturated carbocycles. The molecular formula is C35H30N4O3. The molecule has 0 saturated heterocycles. The quantitative estimate of drug-likeness (QED) is 0.184. The minimum atomic E-state index is -0.261. The summed E-state index contributed by atoms with van der Waals surface area (Å²) in [5.41, 5.74) is 7.47. The van der Waals surface area contributed by atoms with Gasteiger partial charge in [-0.05, 0) is 11.1 Å². The third-order valence-electron chi connectivity index (χ3n) is 7.02. The summed E-state index contributed by atoms with van der Waals surface area (Å²) in [6, 6.07) is 39.8.